The Morgan fingerprint density at radius 1 is 1.35 bits per heavy atom. The first-order chi connectivity index (χ1) is 12.7. The molecule has 4 N–H and O–H groups in total. The highest BCUT2D eigenvalue weighted by Gasteiger charge is 2.31. The third kappa shape index (κ3) is 2.87. The Labute approximate surface area is 151 Å². The zero-order chi connectivity index (χ0) is 18.1. The third-order valence-electron chi connectivity index (χ3n) is 4.89. The van der Waals surface area contributed by atoms with E-state index in [1.54, 1.807) is 13.4 Å². The van der Waals surface area contributed by atoms with Gasteiger partial charge in [0, 0.05) is 42.5 Å². The first kappa shape index (κ1) is 16.7. The number of nitrogens with zero attached hydrogens (tertiary/aromatic N) is 4. The number of ether oxygens (including phenoxy) is 1. The zero-order valence-electron chi connectivity index (χ0n) is 15.0. The highest BCUT2D eigenvalue weighted by atomic mass is 16.5. The molecule has 0 radical (unpaired) electrons. The van der Waals surface area contributed by atoms with E-state index in [1.807, 2.05) is 25.1 Å². The summed E-state index contributed by atoms with van der Waals surface area (Å²) in [5.41, 5.74) is 11.0. The van der Waals surface area contributed by atoms with Crippen molar-refractivity contribution >= 4 is 28.8 Å². The van der Waals surface area contributed by atoms with Crippen LogP contribution in [0.3, 0.4) is 0 Å². The number of hydrogen-bond donors (Lipinski definition) is 3. The van der Waals surface area contributed by atoms with Crippen LogP contribution in [0.15, 0.2) is 33.8 Å². The number of morpholine rings is 1. The molecule has 0 saturated carbocycles. The van der Waals surface area contributed by atoms with Crippen LogP contribution in [-0.4, -0.2) is 66.8 Å². The van der Waals surface area contributed by atoms with Gasteiger partial charge in [-0.1, -0.05) is 12.1 Å². The Morgan fingerprint density at radius 3 is 2.92 bits per heavy atom. The Balaban J connectivity index is 1.80. The van der Waals surface area contributed by atoms with E-state index < -0.39 is 0 Å². The number of fused-ring (bicyclic) bond motifs is 1. The Kier molecular flexibility index (Phi) is 4.44. The van der Waals surface area contributed by atoms with E-state index in [2.05, 4.69) is 30.4 Å². The van der Waals surface area contributed by atoms with Crippen LogP contribution < -0.4 is 11.1 Å². The molecule has 2 aliphatic heterocycles. The molecule has 1 atom stereocenters. The van der Waals surface area contributed by atoms with Crippen LogP contribution in [0.4, 0.5) is 0 Å². The second kappa shape index (κ2) is 6.89. The molecule has 1 unspecified atom stereocenters. The summed E-state index contributed by atoms with van der Waals surface area (Å²) in [6.45, 7) is 5.03. The maximum atomic E-state index is 6.62. The minimum atomic E-state index is -0.171. The second-order valence-electron chi connectivity index (χ2n) is 6.42. The molecule has 1 fully saturated rings. The predicted molar refractivity (Wildman–Crippen MR) is 103 cm³/mol. The van der Waals surface area contributed by atoms with Crippen molar-refractivity contribution in [2.24, 2.45) is 15.7 Å². The average Bonchev–Trinajstić information content (AvgIpc) is 3.07. The van der Waals surface area contributed by atoms with Crippen molar-refractivity contribution in [1.29, 1.82) is 0 Å². The summed E-state index contributed by atoms with van der Waals surface area (Å²) in [4.78, 5) is 11.3. The van der Waals surface area contributed by atoms with Crippen molar-refractivity contribution in [2.45, 2.75) is 13.1 Å². The van der Waals surface area contributed by atoms with Crippen LogP contribution in [0.5, 0.6) is 0 Å². The second-order valence-corrected chi connectivity index (χ2v) is 6.42. The molecule has 0 spiro atoms. The topological polar surface area (TPSA) is 104 Å². The lowest BCUT2D eigenvalue weighted by Crippen LogP contribution is -2.49. The first-order valence-electron chi connectivity index (χ1n) is 8.71. The van der Waals surface area contributed by atoms with E-state index in [9.17, 15) is 0 Å². The fraction of sp³-hybridized carbons (Fsp3) is 0.389. The molecule has 0 bridgehead atoms. The first-order valence-corrected chi connectivity index (χ1v) is 8.71. The molecular formula is C18H23N7O. The van der Waals surface area contributed by atoms with E-state index in [4.69, 9.17) is 10.5 Å². The zero-order valence-corrected chi connectivity index (χ0v) is 15.0. The fourth-order valence-corrected chi connectivity index (χ4v) is 3.46. The summed E-state index contributed by atoms with van der Waals surface area (Å²) < 4.78 is 5.48. The van der Waals surface area contributed by atoms with Gasteiger partial charge >= 0.3 is 0 Å². The van der Waals surface area contributed by atoms with Crippen molar-refractivity contribution < 1.29 is 4.74 Å². The summed E-state index contributed by atoms with van der Waals surface area (Å²) in [5.74, 6) is 0.743. The molecule has 8 nitrogen and oxygen atoms in total. The minimum Gasteiger partial charge on any atom is -0.398 e. The summed E-state index contributed by atoms with van der Waals surface area (Å²) in [5, 5.41) is 11.6. The van der Waals surface area contributed by atoms with Gasteiger partial charge in [-0.3, -0.25) is 20.0 Å². The van der Waals surface area contributed by atoms with Gasteiger partial charge in [-0.2, -0.15) is 5.10 Å². The number of nitrogens with one attached hydrogen (secondary N) is 2. The lowest BCUT2D eigenvalue weighted by atomic mass is 10.0. The molecule has 3 heterocycles. The molecule has 1 aromatic heterocycles. The fourth-order valence-electron chi connectivity index (χ4n) is 3.46. The number of aliphatic imine (C=N–C) groups is 2. The highest BCUT2D eigenvalue weighted by molar-refractivity contribution is 6.11. The SMILES string of the molecule is CN=C1NC=NC(N2CCOCC2)C1=C(N)c1ccc2c(C)[nH]nc2c1. The Hall–Kier alpha value is -2.71. The standard InChI is InChI=1S/C18H23N7O/c1-11-13-4-3-12(9-14(13)24-23-11)16(19)15-17(20-2)21-10-22-18(15)25-5-7-26-8-6-25/h3-4,9-10,18H,5-8,19H2,1-2H3,(H,23,24)(H,20,21,22). The Bertz CT molecular complexity index is 905. The average molecular weight is 353 g/mol. The maximum absolute atomic E-state index is 6.62. The number of aromatic amines is 1. The molecule has 26 heavy (non-hydrogen) atoms. The van der Waals surface area contributed by atoms with Gasteiger partial charge < -0.3 is 15.8 Å². The van der Waals surface area contributed by atoms with E-state index >= 15 is 0 Å². The number of aromatic nitrogens is 2. The monoisotopic (exact) mass is 353 g/mol. The van der Waals surface area contributed by atoms with Gasteiger partial charge in [0.15, 0.2) is 0 Å². The lowest BCUT2D eigenvalue weighted by molar-refractivity contribution is 0.0259. The number of nitrogens with two attached hydrogens (primary N) is 1. The smallest absolute Gasteiger partial charge is 0.135 e. The maximum Gasteiger partial charge on any atom is 0.135 e. The molecule has 0 amide bonds. The number of rotatable bonds is 2. The number of amidine groups is 1. The largest absolute Gasteiger partial charge is 0.398 e. The van der Waals surface area contributed by atoms with Gasteiger partial charge in [-0.05, 0) is 13.0 Å². The van der Waals surface area contributed by atoms with Crippen molar-refractivity contribution in [3.63, 3.8) is 0 Å². The molecule has 136 valence electrons. The summed E-state index contributed by atoms with van der Waals surface area (Å²) in [6, 6.07) is 6.07. The lowest BCUT2D eigenvalue weighted by Gasteiger charge is -2.36. The summed E-state index contributed by atoms with van der Waals surface area (Å²) >= 11 is 0. The van der Waals surface area contributed by atoms with Crippen LogP contribution in [-0.2, 0) is 4.74 Å². The highest BCUT2D eigenvalue weighted by Crippen LogP contribution is 2.26. The van der Waals surface area contributed by atoms with Gasteiger partial charge in [0.2, 0.25) is 0 Å². The number of aryl methyl sites for hydroxylation is 1. The van der Waals surface area contributed by atoms with E-state index in [0.717, 1.165) is 46.7 Å². The van der Waals surface area contributed by atoms with E-state index in [-0.39, 0.29) is 6.17 Å². The van der Waals surface area contributed by atoms with Crippen LogP contribution in [0.2, 0.25) is 0 Å². The molecule has 2 aromatic rings. The molecule has 4 rings (SSSR count). The van der Waals surface area contributed by atoms with Gasteiger partial charge in [-0.15, -0.1) is 0 Å². The van der Waals surface area contributed by atoms with Crippen LogP contribution in [0, 0.1) is 6.92 Å². The number of H-pyrrole nitrogens is 1. The predicted octanol–water partition coefficient (Wildman–Crippen LogP) is 0.859. The summed E-state index contributed by atoms with van der Waals surface area (Å²) in [7, 11) is 1.76. The van der Waals surface area contributed by atoms with Gasteiger partial charge in [0.25, 0.3) is 0 Å². The molecule has 2 aliphatic rings. The molecular weight excluding hydrogens is 330 g/mol. The third-order valence-corrected chi connectivity index (χ3v) is 4.89. The molecule has 8 heteroatoms. The van der Waals surface area contributed by atoms with Crippen molar-refractivity contribution in [3.8, 4) is 0 Å². The van der Waals surface area contributed by atoms with E-state index in [1.165, 1.54) is 0 Å². The minimum absolute atomic E-state index is 0.171. The number of hydrogen-bond acceptors (Lipinski definition) is 6. The Morgan fingerprint density at radius 2 is 2.15 bits per heavy atom. The van der Waals surface area contributed by atoms with Crippen LogP contribution >= 0.6 is 0 Å². The van der Waals surface area contributed by atoms with Crippen molar-refractivity contribution in [3.05, 3.63) is 35.0 Å². The number of benzene rings is 1. The van der Waals surface area contributed by atoms with Crippen LogP contribution in [0.1, 0.15) is 11.3 Å². The van der Waals surface area contributed by atoms with Gasteiger partial charge in [0.1, 0.15) is 12.0 Å². The quantitative estimate of drug-likeness (QED) is 0.743. The normalized spacial score (nSPS) is 24.8. The van der Waals surface area contributed by atoms with Gasteiger partial charge in [-0.25, -0.2) is 0 Å². The van der Waals surface area contributed by atoms with Crippen molar-refractivity contribution in [2.75, 3.05) is 33.4 Å². The molecule has 1 saturated heterocycles. The van der Waals surface area contributed by atoms with E-state index in [0.29, 0.717) is 18.9 Å². The van der Waals surface area contributed by atoms with Gasteiger partial charge in [0.05, 0.1) is 30.6 Å². The summed E-state index contributed by atoms with van der Waals surface area (Å²) in [6.07, 6.45) is 1.52. The molecule has 0 aliphatic carbocycles. The van der Waals surface area contributed by atoms with Crippen molar-refractivity contribution in [1.82, 2.24) is 20.4 Å². The molecule has 1 aromatic carbocycles. The van der Waals surface area contributed by atoms with Crippen LogP contribution in [0.25, 0.3) is 16.6 Å².